The van der Waals surface area contributed by atoms with Gasteiger partial charge in [-0.1, -0.05) is 11.3 Å². The van der Waals surface area contributed by atoms with E-state index in [0.717, 1.165) is 23.8 Å². The zero-order valence-electron chi connectivity index (χ0n) is 11.7. The van der Waals surface area contributed by atoms with Gasteiger partial charge in [0.15, 0.2) is 5.00 Å². The summed E-state index contributed by atoms with van der Waals surface area (Å²) in [6.45, 7) is 0.683. The van der Waals surface area contributed by atoms with E-state index in [-0.39, 0.29) is 27.5 Å². The Morgan fingerprint density at radius 2 is 2.29 bits per heavy atom. The van der Waals surface area contributed by atoms with Crippen LogP contribution in [0.5, 0.6) is 0 Å². The van der Waals surface area contributed by atoms with Gasteiger partial charge in [-0.3, -0.25) is 10.1 Å². The molecule has 1 atom stereocenters. The third-order valence-corrected chi connectivity index (χ3v) is 6.84. The Labute approximate surface area is 126 Å². The molecule has 1 unspecified atom stereocenters. The second kappa shape index (κ2) is 6.26. The Morgan fingerprint density at radius 3 is 2.81 bits per heavy atom. The van der Waals surface area contributed by atoms with E-state index in [1.165, 1.54) is 11.4 Å². The van der Waals surface area contributed by atoms with Crippen LogP contribution in [0.4, 0.5) is 10.7 Å². The molecular formula is C11H17N3O5S2. The largest absolute Gasteiger partial charge is 0.380 e. The molecular weight excluding hydrogens is 318 g/mol. The number of hydrogen-bond donors (Lipinski definition) is 1. The lowest BCUT2D eigenvalue weighted by atomic mass is 10.1. The molecule has 118 valence electrons. The predicted molar refractivity (Wildman–Crippen MR) is 79.3 cm³/mol. The molecule has 2 heterocycles. The molecule has 21 heavy (non-hydrogen) atoms. The zero-order chi connectivity index (χ0) is 15.6. The normalized spacial score (nSPS) is 20.4. The Balaban J connectivity index is 2.33. The van der Waals surface area contributed by atoms with E-state index < -0.39 is 14.9 Å². The van der Waals surface area contributed by atoms with Crippen molar-refractivity contribution in [2.45, 2.75) is 23.2 Å². The molecule has 1 aromatic heterocycles. The monoisotopic (exact) mass is 335 g/mol. The highest BCUT2D eigenvalue weighted by Crippen LogP contribution is 2.38. The first-order chi connectivity index (χ1) is 9.90. The first-order valence-corrected chi connectivity index (χ1v) is 8.64. The fourth-order valence-electron chi connectivity index (χ4n) is 2.24. The highest BCUT2D eigenvalue weighted by atomic mass is 32.2. The first kappa shape index (κ1) is 16.1. The van der Waals surface area contributed by atoms with Crippen molar-refractivity contribution in [2.75, 3.05) is 32.6 Å². The molecule has 0 aromatic carbocycles. The smallest absolute Gasteiger partial charge is 0.304 e. The van der Waals surface area contributed by atoms with Gasteiger partial charge in [-0.25, -0.2) is 8.42 Å². The second-order valence-corrected chi connectivity index (χ2v) is 7.87. The molecule has 1 N–H and O–H groups in total. The van der Waals surface area contributed by atoms with Crippen LogP contribution in [0.3, 0.4) is 0 Å². The van der Waals surface area contributed by atoms with E-state index >= 15 is 0 Å². The van der Waals surface area contributed by atoms with E-state index in [1.54, 1.807) is 7.11 Å². The lowest BCUT2D eigenvalue weighted by molar-refractivity contribution is -0.383. The van der Waals surface area contributed by atoms with Crippen LogP contribution in [0, 0.1) is 10.1 Å². The molecule has 1 aromatic rings. The highest BCUT2D eigenvalue weighted by Gasteiger charge is 2.34. The molecule has 0 saturated carbocycles. The summed E-state index contributed by atoms with van der Waals surface area (Å²) in [7, 11) is -0.647. The maximum absolute atomic E-state index is 12.6. The number of nitrogens with one attached hydrogen (secondary N) is 1. The van der Waals surface area contributed by atoms with E-state index in [9.17, 15) is 18.5 Å². The van der Waals surface area contributed by atoms with Crippen molar-refractivity contribution in [2.24, 2.45) is 0 Å². The molecule has 1 aliphatic heterocycles. The van der Waals surface area contributed by atoms with Gasteiger partial charge in [0, 0.05) is 33.3 Å². The number of ether oxygens (including phenoxy) is 1. The van der Waals surface area contributed by atoms with Crippen LogP contribution in [0.25, 0.3) is 0 Å². The number of piperidine rings is 1. The van der Waals surface area contributed by atoms with Gasteiger partial charge in [0.2, 0.25) is 0 Å². The van der Waals surface area contributed by atoms with Crippen LogP contribution in [0.15, 0.2) is 10.3 Å². The van der Waals surface area contributed by atoms with Crippen LogP contribution in [0.2, 0.25) is 0 Å². The number of rotatable bonds is 5. The van der Waals surface area contributed by atoms with Crippen molar-refractivity contribution >= 4 is 32.0 Å². The van der Waals surface area contributed by atoms with Crippen LogP contribution in [0.1, 0.15) is 12.8 Å². The van der Waals surface area contributed by atoms with Crippen molar-refractivity contribution in [3.63, 3.8) is 0 Å². The maximum Gasteiger partial charge on any atom is 0.304 e. The summed E-state index contributed by atoms with van der Waals surface area (Å²) in [5, 5.41) is 13.8. The van der Waals surface area contributed by atoms with Gasteiger partial charge in [0.25, 0.3) is 10.0 Å². The van der Waals surface area contributed by atoms with Gasteiger partial charge in [-0.05, 0) is 12.8 Å². The summed E-state index contributed by atoms with van der Waals surface area (Å²) in [6.07, 6.45) is 1.39. The number of hydrogen-bond acceptors (Lipinski definition) is 7. The Kier molecular flexibility index (Phi) is 4.81. The Morgan fingerprint density at radius 1 is 1.57 bits per heavy atom. The van der Waals surface area contributed by atoms with E-state index in [0.29, 0.717) is 13.0 Å². The SMILES string of the molecule is CNc1sc(S(=O)(=O)N2CCCC(OC)C2)cc1[N+](=O)[O-]. The van der Waals surface area contributed by atoms with Crippen molar-refractivity contribution in [1.29, 1.82) is 0 Å². The quantitative estimate of drug-likeness (QED) is 0.646. The second-order valence-electron chi connectivity index (χ2n) is 4.65. The topological polar surface area (TPSA) is 102 Å². The van der Waals surface area contributed by atoms with E-state index in [2.05, 4.69) is 5.32 Å². The van der Waals surface area contributed by atoms with Crippen molar-refractivity contribution in [3.8, 4) is 0 Å². The lowest BCUT2D eigenvalue weighted by Gasteiger charge is -2.30. The Hall–Kier alpha value is -1.23. The molecule has 0 spiro atoms. The molecule has 0 aliphatic carbocycles. The highest BCUT2D eigenvalue weighted by molar-refractivity contribution is 7.91. The summed E-state index contributed by atoms with van der Waals surface area (Å²) >= 11 is 0.874. The first-order valence-electron chi connectivity index (χ1n) is 6.39. The number of thiophene rings is 1. The molecule has 10 heteroatoms. The Bertz CT molecular complexity index is 628. The van der Waals surface area contributed by atoms with Crippen LogP contribution < -0.4 is 5.32 Å². The number of nitrogens with zero attached hydrogens (tertiary/aromatic N) is 2. The summed E-state index contributed by atoms with van der Waals surface area (Å²) in [5.41, 5.74) is -0.221. The minimum atomic E-state index is -3.72. The number of sulfonamides is 1. The molecule has 2 rings (SSSR count). The van der Waals surface area contributed by atoms with Gasteiger partial charge in [-0.2, -0.15) is 4.31 Å². The zero-order valence-corrected chi connectivity index (χ0v) is 13.4. The van der Waals surface area contributed by atoms with Crippen molar-refractivity contribution in [3.05, 3.63) is 16.2 Å². The average molecular weight is 335 g/mol. The van der Waals surface area contributed by atoms with Gasteiger partial charge in [0.1, 0.15) is 4.21 Å². The third-order valence-electron chi connectivity index (χ3n) is 3.38. The third kappa shape index (κ3) is 3.18. The molecule has 1 saturated heterocycles. The fourth-order valence-corrected chi connectivity index (χ4v) is 5.19. The summed E-state index contributed by atoms with van der Waals surface area (Å²) in [4.78, 5) is 10.4. The maximum atomic E-state index is 12.6. The summed E-state index contributed by atoms with van der Waals surface area (Å²) in [6, 6.07) is 1.11. The average Bonchev–Trinajstić information content (AvgIpc) is 2.92. The molecule has 1 fully saturated rings. The van der Waals surface area contributed by atoms with Crippen molar-refractivity contribution < 1.29 is 18.1 Å². The predicted octanol–water partition coefficient (Wildman–Crippen LogP) is 1.50. The molecule has 0 radical (unpaired) electrons. The van der Waals surface area contributed by atoms with Gasteiger partial charge < -0.3 is 10.1 Å². The molecule has 8 nitrogen and oxygen atoms in total. The molecule has 0 bridgehead atoms. The number of anilines is 1. The van der Waals surface area contributed by atoms with Crippen LogP contribution in [-0.4, -0.2) is 51.0 Å². The standard InChI is InChI=1S/C11H17N3O5S2/c1-12-11-9(14(15)16)6-10(20-11)21(17,18)13-5-3-4-8(7-13)19-2/h6,8,12H,3-5,7H2,1-2H3. The fraction of sp³-hybridized carbons (Fsp3) is 0.636. The summed E-state index contributed by atoms with van der Waals surface area (Å²) in [5.74, 6) is 0. The summed E-state index contributed by atoms with van der Waals surface area (Å²) < 4.78 is 31.7. The van der Waals surface area contributed by atoms with Crippen molar-refractivity contribution in [1.82, 2.24) is 4.31 Å². The molecule has 1 aliphatic rings. The van der Waals surface area contributed by atoms with Gasteiger partial charge in [-0.15, -0.1) is 0 Å². The van der Waals surface area contributed by atoms with E-state index in [4.69, 9.17) is 4.74 Å². The minimum Gasteiger partial charge on any atom is -0.380 e. The number of nitro groups is 1. The van der Waals surface area contributed by atoms with Gasteiger partial charge in [0.05, 0.1) is 11.0 Å². The molecule has 0 amide bonds. The van der Waals surface area contributed by atoms with Crippen LogP contribution >= 0.6 is 11.3 Å². The van der Waals surface area contributed by atoms with E-state index in [1.807, 2.05) is 0 Å². The lowest BCUT2D eigenvalue weighted by Crippen LogP contribution is -2.42. The minimum absolute atomic E-state index is 0.0182. The van der Waals surface area contributed by atoms with Gasteiger partial charge >= 0.3 is 5.69 Å². The number of methoxy groups -OCH3 is 1. The van der Waals surface area contributed by atoms with Crippen LogP contribution in [-0.2, 0) is 14.8 Å².